The van der Waals surface area contributed by atoms with E-state index in [1.54, 1.807) is 7.11 Å². The second kappa shape index (κ2) is 4.60. The van der Waals surface area contributed by atoms with Crippen LogP contribution in [0.4, 0.5) is 11.5 Å². The van der Waals surface area contributed by atoms with Crippen LogP contribution in [0.3, 0.4) is 0 Å². The molecule has 0 spiro atoms. The number of hydrogen-bond acceptors (Lipinski definition) is 4. The monoisotopic (exact) mass is 221 g/mol. The molecule has 1 aliphatic carbocycles. The van der Waals surface area contributed by atoms with Crippen molar-refractivity contribution in [2.24, 2.45) is 5.92 Å². The van der Waals surface area contributed by atoms with Gasteiger partial charge in [-0.3, -0.25) is 0 Å². The van der Waals surface area contributed by atoms with Crippen LogP contribution in [0.1, 0.15) is 26.2 Å². The average Bonchev–Trinajstić information content (AvgIpc) is 2.18. The first-order chi connectivity index (χ1) is 7.70. The molecule has 1 atom stereocenters. The minimum atomic E-state index is 0.467. The number of nitrogens with two attached hydrogens (primary N) is 1. The lowest BCUT2D eigenvalue weighted by atomic mass is 9.80. The van der Waals surface area contributed by atoms with E-state index in [0.717, 1.165) is 11.7 Å². The fourth-order valence-corrected chi connectivity index (χ4v) is 1.99. The standard InChI is InChI=1S/C12H19N3O/c1-8(9-4-3-5-9)14-11-7-6-10(13)12(15-11)16-2/h6-9H,3-5,13H2,1-2H3,(H,14,15). The van der Waals surface area contributed by atoms with Crippen LogP contribution in [0.25, 0.3) is 0 Å². The highest BCUT2D eigenvalue weighted by Gasteiger charge is 2.23. The molecule has 4 heteroatoms. The van der Waals surface area contributed by atoms with Crippen molar-refractivity contribution in [3.05, 3.63) is 12.1 Å². The quantitative estimate of drug-likeness (QED) is 0.818. The summed E-state index contributed by atoms with van der Waals surface area (Å²) in [6.07, 6.45) is 4.00. The number of nitrogens with one attached hydrogen (secondary N) is 1. The zero-order valence-electron chi connectivity index (χ0n) is 9.86. The molecular formula is C12H19N3O. The van der Waals surface area contributed by atoms with Crippen molar-refractivity contribution < 1.29 is 4.74 Å². The van der Waals surface area contributed by atoms with Crippen LogP contribution in [0.2, 0.25) is 0 Å². The highest BCUT2D eigenvalue weighted by molar-refractivity contribution is 5.53. The minimum absolute atomic E-state index is 0.467. The molecule has 0 amide bonds. The third-order valence-electron chi connectivity index (χ3n) is 3.32. The number of pyridine rings is 1. The number of methoxy groups -OCH3 is 1. The van der Waals surface area contributed by atoms with Gasteiger partial charge in [-0.1, -0.05) is 6.42 Å². The van der Waals surface area contributed by atoms with Crippen molar-refractivity contribution in [1.29, 1.82) is 0 Å². The van der Waals surface area contributed by atoms with Crippen LogP contribution in [0.5, 0.6) is 5.88 Å². The van der Waals surface area contributed by atoms with Crippen molar-refractivity contribution in [3.8, 4) is 5.88 Å². The summed E-state index contributed by atoms with van der Waals surface area (Å²) in [5.41, 5.74) is 6.29. The summed E-state index contributed by atoms with van der Waals surface area (Å²) in [7, 11) is 1.58. The molecule has 0 radical (unpaired) electrons. The Balaban J connectivity index is 2.03. The van der Waals surface area contributed by atoms with E-state index >= 15 is 0 Å². The smallest absolute Gasteiger partial charge is 0.238 e. The Morgan fingerprint density at radius 1 is 1.50 bits per heavy atom. The van der Waals surface area contributed by atoms with Gasteiger partial charge in [-0.05, 0) is 37.8 Å². The number of aromatic nitrogens is 1. The lowest BCUT2D eigenvalue weighted by Crippen LogP contribution is -2.31. The number of rotatable bonds is 4. The third kappa shape index (κ3) is 2.21. The van der Waals surface area contributed by atoms with Crippen LogP contribution < -0.4 is 15.8 Å². The van der Waals surface area contributed by atoms with E-state index in [-0.39, 0.29) is 0 Å². The highest BCUT2D eigenvalue weighted by Crippen LogP contribution is 2.31. The first kappa shape index (κ1) is 11.0. The number of nitrogen functional groups attached to an aromatic ring is 1. The Morgan fingerprint density at radius 2 is 2.25 bits per heavy atom. The SMILES string of the molecule is COc1nc(NC(C)C2CCC2)ccc1N. The molecule has 1 unspecified atom stereocenters. The molecular weight excluding hydrogens is 202 g/mol. The minimum Gasteiger partial charge on any atom is -0.479 e. The molecule has 3 N–H and O–H groups in total. The second-order valence-electron chi connectivity index (χ2n) is 4.42. The maximum atomic E-state index is 5.71. The molecule has 2 rings (SSSR count). The van der Waals surface area contributed by atoms with Crippen LogP contribution in [-0.4, -0.2) is 18.1 Å². The van der Waals surface area contributed by atoms with Gasteiger partial charge in [-0.15, -0.1) is 0 Å². The Hall–Kier alpha value is -1.45. The zero-order valence-corrected chi connectivity index (χ0v) is 9.86. The van der Waals surface area contributed by atoms with Crippen molar-refractivity contribution in [2.75, 3.05) is 18.2 Å². The third-order valence-corrected chi connectivity index (χ3v) is 3.32. The van der Waals surface area contributed by atoms with Crippen LogP contribution in [0.15, 0.2) is 12.1 Å². The molecule has 0 aromatic carbocycles. The molecule has 1 saturated carbocycles. The molecule has 88 valence electrons. The Morgan fingerprint density at radius 3 is 2.81 bits per heavy atom. The lowest BCUT2D eigenvalue weighted by Gasteiger charge is -2.32. The van der Waals surface area contributed by atoms with Gasteiger partial charge >= 0.3 is 0 Å². The summed E-state index contributed by atoms with van der Waals surface area (Å²) in [4.78, 5) is 4.31. The molecule has 0 bridgehead atoms. The number of nitrogens with zero attached hydrogens (tertiary/aromatic N) is 1. The summed E-state index contributed by atoms with van der Waals surface area (Å²) in [6.45, 7) is 2.20. The van der Waals surface area contributed by atoms with Gasteiger partial charge in [0.1, 0.15) is 5.82 Å². The topological polar surface area (TPSA) is 60.2 Å². The Kier molecular flexibility index (Phi) is 3.17. The number of hydrogen-bond donors (Lipinski definition) is 2. The predicted molar refractivity (Wildman–Crippen MR) is 65.6 cm³/mol. The van der Waals surface area contributed by atoms with Gasteiger partial charge in [0.15, 0.2) is 0 Å². The first-order valence-electron chi connectivity index (χ1n) is 5.77. The van der Waals surface area contributed by atoms with E-state index in [9.17, 15) is 0 Å². The second-order valence-corrected chi connectivity index (χ2v) is 4.42. The summed E-state index contributed by atoms with van der Waals surface area (Å²) in [6, 6.07) is 4.18. The van der Waals surface area contributed by atoms with Gasteiger partial charge in [0.05, 0.1) is 12.8 Å². The molecule has 0 saturated heterocycles. The predicted octanol–water partition coefficient (Wildman–Crippen LogP) is 2.27. The Bertz CT molecular complexity index is 363. The molecule has 4 nitrogen and oxygen atoms in total. The highest BCUT2D eigenvalue weighted by atomic mass is 16.5. The van der Waals surface area contributed by atoms with Crippen LogP contribution in [0, 0.1) is 5.92 Å². The summed E-state index contributed by atoms with van der Waals surface area (Å²) in [5.74, 6) is 2.11. The zero-order chi connectivity index (χ0) is 11.5. The molecule has 16 heavy (non-hydrogen) atoms. The van der Waals surface area contributed by atoms with E-state index in [2.05, 4.69) is 17.2 Å². The van der Waals surface area contributed by atoms with Gasteiger partial charge in [0, 0.05) is 6.04 Å². The fourth-order valence-electron chi connectivity index (χ4n) is 1.99. The van der Waals surface area contributed by atoms with E-state index in [4.69, 9.17) is 10.5 Å². The summed E-state index contributed by atoms with van der Waals surface area (Å²) < 4.78 is 5.09. The maximum Gasteiger partial charge on any atom is 0.238 e. The van der Waals surface area contributed by atoms with Gasteiger partial charge in [-0.25, -0.2) is 0 Å². The van der Waals surface area contributed by atoms with Gasteiger partial charge in [0.2, 0.25) is 5.88 Å². The first-order valence-corrected chi connectivity index (χ1v) is 5.77. The summed E-state index contributed by atoms with van der Waals surface area (Å²) >= 11 is 0. The molecule has 1 aromatic heterocycles. The van der Waals surface area contributed by atoms with Crippen molar-refractivity contribution in [3.63, 3.8) is 0 Å². The molecule has 1 aliphatic rings. The van der Waals surface area contributed by atoms with Crippen LogP contribution >= 0.6 is 0 Å². The van der Waals surface area contributed by atoms with Gasteiger partial charge in [0.25, 0.3) is 0 Å². The van der Waals surface area contributed by atoms with E-state index in [1.165, 1.54) is 19.3 Å². The van der Waals surface area contributed by atoms with E-state index in [1.807, 2.05) is 12.1 Å². The van der Waals surface area contributed by atoms with E-state index in [0.29, 0.717) is 17.6 Å². The van der Waals surface area contributed by atoms with Crippen molar-refractivity contribution in [2.45, 2.75) is 32.2 Å². The van der Waals surface area contributed by atoms with Gasteiger partial charge < -0.3 is 15.8 Å². The van der Waals surface area contributed by atoms with Crippen LogP contribution in [-0.2, 0) is 0 Å². The van der Waals surface area contributed by atoms with Crippen molar-refractivity contribution >= 4 is 11.5 Å². The average molecular weight is 221 g/mol. The normalized spacial score (nSPS) is 17.6. The number of ether oxygens (including phenoxy) is 1. The molecule has 1 aromatic rings. The fraction of sp³-hybridized carbons (Fsp3) is 0.583. The van der Waals surface area contributed by atoms with Crippen molar-refractivity contribution in [1.82, 2.24) is 4.98 Å². The van der Waals surface area contributed by atoms with E-state index < -0.39 is 0 Å². The molecule has 0 aliphatic heterocycles. The number of anilines is 2. The molecule has 1 heterocycles. The Labute approximate surface area is 96.2 Å². The maximum absolute atomic E-state index is 5.71. The molecule has 1 fully saturated rings. The summed E-state index contributed by atoms with van der Waals surface area (Å²) in [5, 5.41) is 3.40. The largest absolute Gasteiger partial charge is 0.479 e. The van der Waals surface area contributed by atoms with Gasteiger partial charge in [-0.2, -0.15) is 4.98 Å². The lowest BCUT2D eigenvalue weighted by molar-refractivity contribution is 0.284.